The van der Waals surface area contributed by atoms with E-state index in [1.54, 1.807) is 0 Å². The van der Waals surface area contributed by atoms with Crippen LogP contribution in [0.25, 0.3) is 0 Å². The minimum Gasteiger partial charge on any atom is -0.493 e. The van der Waals surface area contributed by atoms with E-state index in [1.165, 1.54) is 5.56 Å². The molecule has 2 nitrogen and oxygen atoms in total. The van der Waals surface area contributed by atoms with Crippen LogP contribution in [0, 0.1) is 6.07 Å². The maximum atomic E-state index is 5.49. The van der Waals surface area contributed by atoms with Gasteiger partial charge in [-0.25, -0.2) is 0 Å². The monoisotopic (exact) mass is 221 g/mol. The molecule has 0 atom stereocenters. The molecule has 89 valence electrons. The van der Waals surface area contributed by atoms with Gasteiger partial charge in [0, 0.05) is 0 Å². The average Bonchev–Trinajstić information content (AvgIpc) is 2.17. The first-order valence-corrected chi connectivity index (χ1v) is 5.80. The SMILES string of the molecule is CCOc1[c]c(OCC)cc(C(C)(C)C)c1. The zero-order valence-corrected chi connectivity index (χ0v) is 10.9. The van der Waals surface area contributed by atoms with Crippen molar-refractivity contribution in [3.63, 3.8) is 0 Å². The summed E-state index contributed by atoms with van der Waals surface area (Å²) in [6, 6.07) is 7.18. The molecule has 1 rings (SSSR count). The van der Waals surface area contributed by atoms with Crippen molar-refractivity contribution in [2.45, 2.75) is 40.0 Å². The van der Waals surface area contributed by atoms with Crippen LogP contribution in [-0.4, -0.2) is 13.2 Å². The zero-order valence-electron chi connectivity index (χ0n) is 10.9. The molecule has 0 unspecified atom stereocenters. The van der Waals surface area contributed by atoms with E-state index in [2.05, 4.69) is 26.8 Å². The van der Waals surface area contributed by atoms with Gasteiger partial charge < -0.3 is 9.47 Å². The molecule has 0 N–H and O–H groups in total. The molecule has 0 aliphatic rings. The molecule has 0 spiro atoms. The van der Waals surface area contributed by atoms with Gasteiger partial charge in [0.05, 0.1) is 19.3 Å². The summed E-state index contributed by atoms with van der Waals surface area (Å²) in [7, 11) is 0. The lowest BCUT2D eigenvalue weighted by Crippen LogP contribution is -2.11. The second kappa shape index (κ2) is 5.24. The van der Waals surface area contributed by atoms with Gasteiger partial charge in [0.25, 0.3) is 0 Å². The second-order valence-electron chi connectivity index (χ2n) is 4.71. The standard InChI is InChI=1S/C14H21O2/c1-6-15-12-8-11(14(3,4)5)9-13(10-12)16-7-2/h8-9H,6-7H2,1-5H3. The number of rotatable bonds is 4. The van der Waals surface area contributed by atoms with E-state index in [9.17, 15) is 0 Å². The van der Waals surface area contributed by atoms with Crippen LogP contribution < -0.4 is 9.47 Å². The summed E-state index contributed by atoms with van der Waals surface area (Å²) in [5, 5.41) is 0. The number of benzene rings is 1. The Labute approximate surface area is 98.6 Å². The lowest BCUT2D eigenvalue weighted by Gasteiger charge is -2.21. The molecular weight excluding hydrogens is 200 g/mol. The minimum atomic E-state index is 0.0901. The van der Waals surface area contributed by atoms with Crippen LogP contribution in [0.4, 0.5) is 0 Å². The molecule has 0 saturated heterocycles. The van der Waals surface area contributed by atoms with E-state index in [0.717, 1.165) is 11.5 Å². The van der Waals surface area contributed by atoms with E-state index < -0.39 is 0 Å². The normalized spacial score (nSPS) is 11.3. The van der Waals surface area contributed by atoms with Crippen LogP contribution in [0.1, 0.15) is 40.2 Å². The summed E-state index contributed by atoms with van der Waals surface area (Å²) in [5.74, 6) is 1.52. The third-order valence-corrected chi connectivity index (χ3v) is 2.29. The third-order valence-electron chi connectivity index (χ3n) is 2.29. The smallest absolute Gasteiger partial charge is 0.131 e. The number of hydrogen-bond acceptors (Lipinski definition) is 2. The molecule has 16 heavy (non-hydrogen) atoms. The first-order chi connectivity index (χ1) is 7.47. The highest BCUT2D eigenvalue weighted by molar-refractivity contribution is 5.40. The molecule has 0 saturated carbocycles. The molecule has 0 amide bonds. The van der Waals surface area contributed by atoms with E-state index in [-0.39, 0.29) is 5.41 Å². The Morgan fingerprint density at radius 1 is 1.00 bits per heavy atom. The maximum Gasteiger partial charge on any atom is 0.131 e. The Morgan fingerprint density at radius 3 is 1.75 bits per heavy atom. The fraction of sp³-hybridized carbons (Fsp3) is 0.571. The predicted molar refractivity (Wildman–Crippen MR) is 66.3 cm³/mol. The quantitative estimate of drug-likeness (QED) is 0.773. The summed E-state index contributed by atoms with van der Waals surface area (Å²) < 4.78 is 11.0. The van der Waals surface area contributed by atoms with Crippen molar-refractivity contribution in [2.75, 3.05) is 13.2 Å². The van der Waals surface area contributed by atoms with Crippen LogP contribution in [0.5, 0.6) is 11.5 Å². The van der Waals surface area contributed by atoms with Crippen LogP contribution in [0.15, 0.2) is 12.1 Å². The van der Waals surface area contributed by atoms with Gasteiger partial charge in [-0.1, -0.05) is 20.8 Å². The van der Waals surface area contributed by atoms with E-state index in [0.29, 0.717) is 13.2 Å². The van der Waals surface area contributed by atoms with Gasteiger partial charge in [0.15, 0.2) is 0 Å². The summed E-state index contributed by atoms with van der Waals surface area (Å²) in [4.78, 5) is 0. The van der Waals surface area contributed by atoms with Crippen molar-refractivity contribution in [2.24, 2.45) is 0 Å². The number of ether oxygens (including phenoxy) is 2. The van der Waals surface area contributed by atoms with E-state index >= 15 is 0 Å². The lowest BCUT2D eigenvalue weighted by atomic mass is 9.87. The van der Waals surface area contributed by atoms with Crippen LogP contribution in [0.2, 0.25) is 0 Å². The third kappa shape index (κ3) is 3.44. The topological polar surface area (TPSA) is 18.5 Å². The molecule has 0 aliphatic heterocycles. The highest BCUT2D eigenvalue weighted by atomic mass is 16.5. The fourth-order valence-electron chi connectivity index (χ4n) is 1.42. The molecular formula is C14H21O2. The van der Waals surface area contributed by atoms with Crippen molar-refractivity contribution in [3.05, 3.63) is 23.8 Å². The van der Waals surface area contributed by atoms with Gasteiger partial charge in [-0.15, -0.1) is 0 Å². The highest BCUT2D eigenvalue weighted by Crippen LogP contribution is 2.30. The Morgan fingerprint density at radius 2 is 1.44 bits per heavy atom. The van der Waals surface area contributed by atoms with Gasteiger partial charge in [-0.3, -0.25) is 0 Å². The molecule has 0 aliphatic carbocycles. The molecule has 0 bridgehead atoms. The molecule has 1 radical (unpaired) electrons. The van der Waals surface area contributed by atoms with Crippen molar-refractivity contribution >= 4 is 0 Å². The van der Waals surface area contributed by atoms with Gasteiger partial charge in [0.1, 0.15) is 11.5 Å². The Balaban J connectivity index is 3.08. The van der Waals surface area contributed by atoms with E-state index in [4.69, 9.17) is 9.47 Å². The van der Waals surface area contributed by atoms with Gasteiger partial charge >= 0.3 is 0 Å². The summed E-state index contributed by atoms with van der Waals surface area (Å²) in [5.41, 5.74) is 1.30. The van der Waals surface area contributed by atoms with Crippen LogP contribution in [-0.2, 0) is 5.41 Å². The van der Waals surface area contributed by atoms with E-state index in [1.807, 2.05) is 26.0 Å². The summed E-state index contributed by atoms with van der Waals surface area (Å²) >= 11 is 0. The largest absolute Gasteiger partial charge is 0.493 e. The van der Waals surface area contributed by atoms with Crippen LogP contribution >= 0.6 is 0 Å². The maximum absolute atomic E-state index is 5.49. The first-order valence-electron chi connectivity index (χ1n) is 5.80. The molecule has 0 aromatic heterocycles. The summed E-state index contributed by atoms with van der Waals surface area (Å²) in [6.45, 7) is 11.8. The summed E-state index contributed by atoms with van der Waals surface area (Å²) in [6.07, 6.45) is 0. The van der Waals surface area contributed by atoms with Crippen molar-refractivity contribution in [3.8, 4) is 11.5 Å². The molecule has 1 aromatic rings. The van der Waals surface area contributed by atoms with Crippen LogP contribution in [0.3, 0.4) is 0 Å². The first kappa shape index (κ1) is 12.9. The van der Waals surface area contributed by atoms with Gasteiger partial charge in [-0.2, -0.15) is 0 Å². The van der Waals surface area contributed by atoms with Crippen molar-refractivity contribution in [1.82, 2.24) is 0 Å². The highest BCUT2D eigenvalue weighted by Gasteiger charge is 2.16. The minimum absolute atomic E-state index is 0.0901. The van der Waals surface area contributed by atoms with Crippen molar-refractivity contribution < 1.29 is 9.47 Å². The molecule has 1 aromatic carbocycles. The molecule has 2 heteroatoms. The lowest BCUT2D eigenvalue weighted by molar-refractivity contribution is 0.320. The van der Waals surface area contributed by atoms with Gasteiger partial charge in [-0.05, 0) is 37.0 Å². The Hall–Kier alpha value is -1.18. The fourth-order valence-corrected chi connectivity index (χ4v) is 1.42. The van der Waals surface area contributed by atoms with Gasteiger partial charge in [0.2, 0.25) is 0 Å². The average molecular weight is 221 g/mol. The molecule has 0 fully saturated rings. The zero-order chi connectivity index (χ0) is 12.2. The molecule has 0 heterocycles. The number of hydrogen-bond donors (Lipinski definition) is 0. The Kier molecular flexibility index (Phi) is 4.22. The predicted octanol–water partition coefficient (Wildman–Crippen LogP) is 3.58. The Bertz CT molecular complexity index is 313. The van der Waals surface area contributed by atoms with Crippen molar-refractivity contribution in [1.29, 1.82) is 0 Å². The second-order valence-corrected chi connectivity index (χ2v) is 4.71.